The van der Waals surface area contributed by atoms with Crippen LogP contribution in [0.15, 0.2) is 36.4 Å². The second kappa shape index (κ2) is 3.44. The predicted octanol–water partition coefficient (Wildman–Crippen LogP) is 1.31. The molecule has 1 aliphatic heterocycles. The van der Waals surface area contributed by atoms with Gasteiger partial charge in [-0.05, 0) is 18.6 Å². The highest BCUT2D eigenvalue weighted by Crippen LogP contribution is 2.24. The summed E-state index contributed by atoms with van der Waals surface area (Å²) in [5, 5.41) is 9.08. The Morgan fingerprint density at radius 2 is 2.07 bits per heavy atom. The number of aliphatic hydroxyl groups excluding tert-OH is 1. The Kier molecular flexibility index (Phi) is 2.27. The highest BCUT2D eigenvalue weighted by atomic mass is 16.7. The minimum absolute atomic E-state index is 0.0314. The van der Waals surface area contributed by atoms with Crippen LogP contribution in [-0.4, -0.2) is 17.3 Å². The summed E-state index contributed by atoms with van der Waals surface area (Å²) in [7, 11) is 0. The molecular weight excluding hydrogens is 178 g/mol. The van der Waals surface area contributed by atoms with Gasteiger partial charge in [-0.3, -0.25) is 10.3 Å². The summed E-state index contributed by atoms with van der Waals surface area (Å²) in [5.41, 5.74) is 4.17. The average molecular weight is 191 g/mol. The number of nitrogens with one attached hydrogen (secondary N) is 1. The normalized spacial score (nSPS) is 25.7. The Morgan fingerprint density at radius 3 is 2.64 bits per heavy atom. The van der Waals surface area contributed by atoms with Gasteiger partial charge in [0, 0.05) is 0 Å². The molecule has 0 saturated heterocycles. The second-order valence-corrected chi connectivity index (χ2v) is 3.60. The van der Waals surface area contributed by atoms with E-state index in [9.17, 15) is 0 Å². The van der Waals surface area contributed by atoms with E-state index in [1.54, 1.807) is 0 Å². The van der Waals surface area contributed by atoms with Crippen LogP contribution in [0.3, 0.4) is 0 Å². The molecule has 0 amide bonds. The smallest absolute Gasteiger partial charge is 0.136 e. The summed E-state index contributed by atoms with van der Waals surface area (Å²) in [5.74, 6) is 0. The van der Waals surface area contributed by atoms with Gasteiger partial charge >= 0.3 is 0 Å². The minimum Gasteiger partial charge on any atom is -0.393 e. The third-order valence-electron chi connectivity index (χ3n) is 2.24. The molecule has 0 fully saturated rings. The van der Waals surface area contributed by atoms with E-state index in [4.69, 9.17) is 9.94 Å². The molecule has 3 heteroatoms. The summed E-state index contributed by atoms with van der Waals surface area (Å²) in [6, 6.07) is 9.88. The van der Waals surface area contributed by atoms with Crippen LogP contribution in [0.25, 0.3) is 5.70 Å². The molecule has 74 valence electrons. The lowest BCUT2D eigenvalue weighted by molar-refractivity contribution is -0.0532. The molecule has 0 aliphatic carbocycles. The zero-order valence-corrected chi connectivity index (χ0v) is 8.03. The van der Waals surface area contributed by atoms with Crippen LogP contribution in [0.2, 0.25) is 0 Å². The van der Waals surface area contributed by atoms with Crippen LogP contribution in [0.5, 0.6) is 0 Å². The SMILES string of the molecule is CC1(CO)C=C(c2ccccc2)NO1. The van der Waals surface area contributed by atoms with Gasteiger partial charge in [0.15, 0.2) is 0 Å². The molecule has 3 nitrogen and oxygen atoms in total. The first kappa shape index (κ1) is 9.24. The van der Waals surface area contributed by atoms with Crippen LogP contribution < -0.4 is 5.48 Å². The number of benzene rings is 1. The Morgan fingerprint density at radius 1 is 1.36 bits per heavy atom. The first-order chi connectivity index (χ1) is 6.73. The van der Waals surface area contributed by atoms with Gasteiger partial charge in [-0.1, -0.05) is 30.3 Å². The third kappa shape index (κ3) is 1.64. The number of hydrogen-bond acceptors (Lipinski definition) is 3. The van der Waals surface area contributed by atoms with Gasteiger partial charge in [0.25, 0.3) is 0 Å². The number of aliphatic hydroxyl groups is 1. The molecule has 1 unspecified atom stereocenters. The number of hydroxylamine groups is 1. The van der Waals surface area contributed by atoms with Crippen molar-refractivity contribution in [2.75, 3.05) is 6.61 Å². The Bertz CT molecular complexity index is 348. The molecule has 0 bridgehead atoms. The van der Waals surface area contributed by atoms with E-state index in [1.807, 2.05) is 43.3 Å². The van der Waals surface area contributed by atoms with Crippen molar-refractivity contribution >= 4 is 5.70 Å². The topological polar surface area (TPSA) is 41.5 Å². The van der Waals surface area contributed by atoms with Gasteiger partial charge < -0.3 is 5.11 Å². The standard InChI is InChI=1S/C11H13NO2/c1-11(8-13)7-10(12-14-11)9-5-3-2-4-6-9/h2-7,12-13H,8H2,1H3. The van der Waals surface area contributed by atoms with E-state index in [1.165, 1.54) is 0 Å². The van der Waals surface area contributed by atoms with Gasteiger partial charge in [-0.25, -0.2) is 0 Å². The Hall–Kier alpha value is -1.32. The maximum Gasteiger partial charge on any atom is 0.136 e. The average Bonchev–Trinajstić information content (AvgIpc) is 2.63. The van der Waals surface area contributed by atoms with Crippen molar-refractivity contribution in [2.45, 2.75) is 12.5 Å². The van der Waals surface area contributed by atoms with Crippen molar-refractivity contribution in [3.05, 3.63) is 42.0 Å². The first-order valence-electron chi connectivity index (χ1n) is 4.57. The molecule has 2 N–H and O–H groups in total. The Labute approximate surface area is 83.0 Å². The molecule has 1 heterocycles. The van der Waals surface area contributed by atoms with Crippen LogP contribution >= 0.6 is 0 Å². The molecule has 2 rings (SSSR count). The summed E-state index contributed by atoms with van der Waals surface area (Å²) in [6.07, 6.45) is 1.89. The van der Waals surface area contributed by atoms with Crippen molar-refractivity contribution < 1.29 is 9.94 Å². The van der Waals surface area contributed by atoms with Crippen LogP contribution in [0, 0.1) is 0 Å². The predicted molar refractivity (Wildman–Crippen MR) is 54.1 cm³/mol. The fourth-order valence-corrected chi connectivity index (χ4v) is 1.37. The number of hydrogen-bond donors (Lipinski definition) is 2. The van der Waals surface area contributed by atoms with E-state index < -0.39 is 5.60 Å². The van der Waals surface area contributed by atoms with E-state index in [2.05, 4.69) is 5.48 Å². The van der Waals surface area contributed by atoms with Crippen molar-refractivity contribution in [3.63, 3.8) is 0 Å². The van der Waals surface area contributed by atoms with Gasteiger partial charge in [0.1, 0.15) is 5.60 Å². The first-order valence-corrected chi connectivity index (χ1v) is 4.57. The van der Waals surface area contributed by atoms with Gasteiger partial charge in [0.05, 0.1) is 12.3 Å². The van der Waals surface area contributed by atoms with Crippen molar-refractivity contribution in [1.82, 2.24) is 5.48 Å². The molecule has 0 radical (unpaired) electrons. The minimum atomic E-state index is -0.606. The lowest BCUT2D eigenvalue weighted by atomic mass is 10.1. The molecule has 0 aromatic heterocycles. The lowest BCUT2D eigenvalue weighted by Crippen LogP contribution is -2.29. The van der Waals surface area contributed by atoms with E-state index in [0.29, 0.717) is 0 Å². The maximum atomic E-state index is 9.08. The molecule has 1 atom stereocenters. The van der Waals surface area contributed by atoms with Gasteiger partial charge in [-0.15, -0.1) is 0 Å². The molecule has 1 aromatic rings. The largest absolute Gasteiger partial charge is 0.393 e. The van der Waals surface area contributed by atoms with Crippen LogP contribution in [0.1, 0.15) is 12.5 Å². The lowest BCUT2D eigenvalue weighted by Gasteiger charge is -2.15. The van der Waals surface area contributed by atoms with E-state index >= 15 is 0 Å². The Balaban J connectivity index is 2.27. The maximum absolute atomic E-state index is 9.08. The molecule has 0 saturated carbocycles. The van der Waals surface area contributed by atoms with Crippen molar-refractivity contribution in [2.24, 2.45) is 0 Å². The van der Waals surface area contributed by atoms with Crippen molar-refractivity contribution in [1.29, 1.82) is 0 Å². The molecule has 1 aliphatic rings. The monoisotopic (exact) mass is 191 g/mol. The third-order valence-corrected chi connectivity index (χ3v) is 2.24. The summed E-state index contributed by atoms with van der Waals surface area (Å²) in [6.45, 7) is 1.80. The zero-order valence-electron chi connectivity index (χ0n) is 8.03. The molecule has 14 heavy (non-hydrogen) atoms. The molecule has 1 aromatic carbocycles. The zero-order chi connectivity index (χ0) is 10.0. The highest BCUT2D eigenvalue weighted by molar-refractivity contribution is 5.65. The van der Waals surface area contributed by atoms with Crippen LogP contribution in [0.4, 0.5) is 0 Å². The van der Waals surface area contributed by atoms with Crippen LogP contribution in [-0.2, 0) is 4.84 Å². The van der Waals surface area contributed by atoms with E-state index in [0.717, 1.165) is 11.3 Å². The molecular formula is C11H13NO2. The summed E-state index contributed by atoms with van der Waals surface area (Å²) in [4.78, 5) is 5.26. The number of rotatable bonds is 2. The quantitative estimate of drug-likeness (QED) is 0.740. The fraction of sp³-hybridized carbons (Fsp3) is 0.273. The fourth-order valence-electron chi connectivity index (χ4n) is 1.37. The van der Waals surface area contributed by atoms with E-state index in [-0.39, 0.29) is 6.61 Å². The summed E-state index contributed by atoms with van der Waals surface area (Å²) >= 11 is 0. The highest BCUT2D eigenvalue weighted by Gasteiger charge is 2.29. The summed E-state index contributed by atoms with van der Waals surface area (Å²) < 4.78 is 0. The second-order valence-electron chi connectivity index (χ2n) is 3.60. The van der Waals surface area contributed by atoms with Gasteiger partial charge in [0.2, 0.25) is 0 Å². The van der Waals surface area contributed by atoms with Crippen molar-refractivity contribution in [3.8, 4) is 0 Å². The molecule has 0 spiro atoms. The van der Waals surface area contributed by atoms with Gasteiger partial charge in [-0.2, -0.15) is 0 Å².